The molecule has 1 aliphatic rings. The molecular weight excluding hydrogens is 236 g/mol. The van der Waals surface area contributed by atoms with Crippen LogP contribution in [0.1, 0.15) is 30.1 Å². The highest BCUT2D eigenvalue weighted by Crippen LogP contribution is 2.29. The van der Waals surface area contributed by atoms with Crippen LogP contribution in [0.15, 0.2) is 10.6 Å². The third-order valence-electron chi connectivity index (χ3n) is 3.36. The lowest BCUT2D eigenvalue weighted by atomic mass is 9.83. The lowest BCUT2D eigenvalue weighted by Crippen LogP contribution is -2.66. The van der Waals surface area contributed by atoms with E-state index in [9.17, 15) is 9.90 Å². The summed E-state index contributed by atoms with van der Waals surface area (Å²) in [5.74, 6) is 0.426. The SMILES string of the molecule is COCc1cc(C(=O)N2CC(O)(C(C)C)C2)no1. The van der Waals surface area contributed by atoms with Crippen LogP contribution >= 0.6 is 0 Å². The summed E-state index contributed by atoms with van der Waals surface area (Å²) in [7, 11) is 1.54. The van der Waals surface area contributed by atoms with E-state index in [0.29, 0.717) is 18.8 Å². The fourth-order valence-corrected chi connectivity index (χ4v) is 1.91. The van der Waals surface area contributed by atoms with E-state index in [1.165, 1.54) is 0 Å². The summed E-state index contributed by atoms with van der Waals surface area (Å²) in [6.07, 6.45) is 0. The van der Waals surface area contributed by atoms with Gasteiger partial charge in [0.15, 0.2) is 11.5 Å². The molecule has 1 aromatic rings. The number of β-amino-alcohol motifs (C(OH)–C–C–N with tert-alkyl or cyclic N) is 1. The number of nitrogens with zero attached hydrogens (tertiary/aromatic N) is 2. The predicted octanol–water partition coefficient (Wildman–Crippen LogP) is 0.664. The number of hydrogen-bond donors (Lipinski definition) is 1. The summed E-state index contributed by atoms with van der Waals surface area (Å²) >= 11 is 0. The van der Waals surface area contributed by atoms with E-state index in [4.69, 9.17) is 9.26 Å². The van der Waals surface area contributed by atoms with Crippen molar-refractivity contribution in [2.45, 2.75) is 26.1 Å². The quantitative estimate of drug-likeness (QED) is 0.854. The van der Waals surface area contributed by atoms with Crippen LogP contribution in [0, 0.1) is 5.92 Å². The number of aliphatic hydroxyl groups is 1. The van der Waals surface area contributed by atoms with Crippen molar-refractivity contribution < 1.29 is 19.2 Å². The van der Waals surface area contributed by atoms with E-state index in [2.05, 4.69) is 5.16 Å². The number of aromatic nitrogens is 1. The van der Waals surface area contributed by atoms with Crippen LogP contribution < -0.4 is 0 Å². The topological polar surface area (TPSA) is 75.8 Å². The molecule has 0 unspecified atom stereocenters. The van der Waals surface area contributed by atoms with Crippen molar-refractivity contribution in [1.82, 2.24) is 10.1 Å². The molecule has 0 aromatic carbocycles. The first-order chi connectivity index (χ1) is 8.46. The Morgan fingerprint density at radius 1 is 1.67 bits per heavy atom. The normalized spacial score (nSPS) is 17.9. The lowest BCUT2D eigenvalue weighted by Gasteiger charge is -2.48. The summed E-state index contributed by atoms with van der Waals surface area (Å²) in [6, 6.07) is 1.57. The van der Waals surface area contributed by atoms with Crippen molar-refractivity contribution in [1.29, 1.82) is 0 Å². The maximum absolute atomic E-state index is 12.0. The Labute approximate surface area is 106 Å². The number of likely N-dealkylation sites (tertiary alicyclic amines) is 1. The molecule has 6 heteroatoms. The van der Waals surface area contributed by atoms with Crippen molar-refractivity contribution in [2.75, 3.05) is 20.2 Å². The van der Waals surface area contributed by atoms with Gasteiger partial charge in [-0.15, -0.1) is 0 Å². The largest absolute Gasteiger partial charge is 0.386 e. The number of carbonyl (C=O) groups is 1. The molecule has 1 N–H and O–H groups in total. The van der Waals surface area contributed by atoms with E-state index in [1.54, 1.807) is 18.1 Å². The highest BCUT2D eigenvalue weighted by Gasteiger charge is 2.46. The van der Waals surface area contributed by atoms with Gasteiger partial charge < -0.3 is 19.3 Å². The number of methoxy groups -OCH3 is 1. The second-order valence-electron chi connectivity index (χ2n) is 5.03. The molecule has 0 aliphatic carbocycles. The van der Waals surface area contributed by atoms with Crippen molar-refractivity contribution in [2.24, 2.45) is 5.92 Å². The molecule has 0 radical (unpaired) electrons. The van der Waals surface area contributed by atoms with Crippen LogP contribution in [-0.4, -0.2) is 46.9 Å². The number of amides is 1. The molecule has 1 aromatic heterocycles. The highest BCUT2D eigenvalue weighted by molar-refractivity contribution is 5.93. The van der Waals surface area contributed by atoms with Gasteiger partial charge >= 0.3 is 0 Å². The van der Waals surface area contributed by atoms with Crippen molar-refractivity contribution in [3.05, 3.63) is 17.5 Å². The van der Waals surface area contributed by atoms with Crippen LogP contribution in [0.5, 0.6) is 0 Å². The number of hydrogen-bond acceptors (Lipinski definition) is 5. The molecule has 0 spiro atoms. The van der Waals surface area contributed by atoms with Gasteiger partial charge in [0, 0.05) is 13.2 Å². The van der Waals surface area contributed by atoms with Crippen LogP contribution in [0.3, 0.4) is 0 Å². The Kier molecular flexibility index (Phi) is 3.41. The molecule has 0 saturated carbocycles. The fraction of sp³-hybridized carbons (Fsp3) is 0.667. The van der Waals surface area contributed by atoms with Crippen LogP contribution in [0.4, 0.5) is 0 Å². The van der Waals surface area contributed by atoms with E-state index in [0.717, 1.165) is 0 Å². The van der Waals surface area contributed by atoms with Gasteiger partial charge in [-0.25, -0.2) is 0 Å². The smallest absolute Gasteiger partial charge is 0.276 e. The Bertz CT molecular complexity index is 435. The summed E-state index contributed by atoms with van der Waals surface area (Å²) < 4.78 is 9.85. The van der Waals surface area contributed by atoms with Gasteiger partial charge in [0.05, 0.1) is 13.1 Å². The van der Waals surface area contributed by atoms with Gasteiger partial charge in [0.25, 0.3) is 5.91 Å². The number of ether oxygens (including phenoxy) is 1. The first kappa shape index (κ1) is 13.0. The molecule has 18 heavy (non-hydrogen) atoms. The Hall–Kier alpha value is -1.40. The highest BCUT2D eigenvalue weighted by atomic mass is 16.5. The Balaban J connectivity index is 1.97. The third kappa shape index (κ3) is 2.26. The van der Waals surface area contributed by atoms with Crippen LogP contribution in [0.2, 0.25) is 0 Å². The van der Waals surface area contributed by atoms with E-state index in [-0.39, 0.29) is 24.1 Å². The molecule has 1 aliphatic heterocycles. The van der Waals surface area contributed by atoms with Crippen LogP contribution in [0.25, 0.3) is 0 Å². The maximum Gasteiger partial charge on any atom is 0.276 e. The summed E-state index contributed by atoms with van der Waals surface area (Å²) in [6.45, 7) is 4.85. The van der Waals surface area contributed by atoms with Crippen molar-refractivity contribution >= 4 is 5.91 Å². The molecule has 1 saturated heterocycles. The second kappa shape index (κ2) is 4.70. The molecule has 2 heterocycles. The molecule has 2 rings (SSSR count). The first-order valence-electron chi connectivity index (χ1n) is 5.92. The molecule has 1 fully saturated rings. The van der Waals surface area contributed by atoms with E-state index in [1.807, 2.05) is 13.8 Å². The Morgan fingerprint density at radius 3 is 2.89 bits per heavy atom. The standard InChI is InChI=1S/C12H18N2O4/c1-8(2)12(16)6-14(7-12)11(15)10-4-9(5-17-3)18-13-10/h4,8,16H,5-7H2,1-3H3. The third-order valence-corrected chi connectivity index (χ3v) is 3.36. The van der Waals surface area contributed by atoms with Gasteiger partial charge in [-0.3, -0.25) is 4.79 Å². The lowest BCUT2D eigenvalue weighted by molar-refractivity contribution is -0.111. The van der Waals surface area contributed by atoms with Crippen molar-refractivity contribution in [3.8, 4) is 0 Å². The van der Waals surface area contributed by atoms with Crippen LogP contribution in [-0.2, 0) is 11.3 Å². The maximum atomic E-state index is 12.0. The first-order valence-corrected chi connectivity index (χ1v) is 5.92. The average Bonchev–Trinajstić information content (AvgIpc) is 2.72. The van der Waals surface area contributed by atoms with E-state index < -0.39 is 5.60 Å². The fourth-order valence-electron chi connectivity index (χ4n) is 1.91. The number of rotatable bonds is 4. The molecule has 0 bridgehead atoms. The molecule has 6 nitrogen and oxygen atoms in total. The second-order valence-corrected chi connectivity index (χ2v) is 5.03. The summed E-state index contributed by atoms with van der Waals surface area (Å²) in [5.41, 5.74) is -0.512. The zero-order valence-electron chi connectivity index (χ0n) is 10.8. The average molecular weight is 254 g/mol. The summed E-state index contributed by atoms with van der Waals surface area (Å²) in [4.78, 5) is 13.6. The Morgan fingerprint density at radius 2 is 2.33 bits per heavy atom. The molecular formula is C12H18N2O4. The monoisotopic (exact) mass is 254 g/mol. The molecule has 1 amide bonds. The zero-order valence-corrected chi connectivity index (χ0v) is 10.8. The van der Waals surface area contributed by atoms with Gasteiger partial charge in [-0.1, -0.05) is 19.0 Å². The minimum Gasteiger partial charge on any atom is -0.386 e. The zero-order chi connectivity index (χ0) is 13.3. The van der Waals surface area contributed by atoms with Crippen molar-refractivity contribution in [3.63, 3.8) is 0 Å². The van der Waals surface area contributed by atoms with Gasteiger partial charge in [0.2, 0.25) is 0 Å². The van der Waals surface area contributed by atoms with E-state index >= 15 is 0 Å². The van der Waals surface area contributed by atoms with Gasteiger partial charge in [0.1, 0.15) is 12.2 Å². The molecule has 100 valence electrons. The molecule has 0 atom stereocenters. The van der Waals surface area contributed by atoms with Gasteiger partial charge in [-0.2, -0.15) is 0 Å². The number of carbonyl (C=O) groups excluding carboxylic acids is 1. The minimum absolute atomic E-state index is 0.128. The predicted molar refractivity (Wildman–Crippen MR) is 62.9 cm³/mol. The summed E-state index contributed by atoms with van der Waals surface area (Å²) in [5, 5.41) is 13.8. The minimum atomic E-state index is -0.769. The van der Waals surface area contributed by atoms with Gasteiger partial charge in [-0.05, 0) is 5.92 Å².